The molecule has 2 N–H and O–H groups in total. The number of aromatic nitrogens is 4. The molecule has 90 valence electrons. The van der Waals surface area contributed by atoms with Crippen molar-refractivity contribution in [2.75, 3.05) is 11.9 Å². The van der Waals surface area contributed by atoms with Crippen LogP contribution in [0.4, 0.5) is 5.82 Å². The summed E-state index contributed by atoms with van der Waals surface area (Å²) in [5.74, 6) is 1.77. The van der Waals surface area contributed by atoms with Crippen molar-refractivity contribution >= 4 is 23.2 Å². The molecule has 0 atom stereocenters. The van der Waals surface area contributed by atoms with E-state index in [-0.39, 0.29) is 6.10 Å². The smallest absolute Gasteiger partial charge is 0.255 e. The number of halogens is 1. The van der Waals surface area contributed by atoms with E-state index in [2.05, 4.69) is 20.4 Å². The van der Waals surface area contributed by atoms with Gasteiger partial charge >= 0.3 is 0 Å². The molecule has 2 heterocycles. The molecular formula is C10H12ClN5O. The topological polar surface area (TPSA) is 75.3 Å². The molecule has 1 aliphatic rings. The molecule has 17 heavy (non-hydrogen) atoms. The molecule has 7 heteroatoms. The van der Waals surface area contributed by atoms with Gasteiger partial charge in [-0.15, -0.1) is 0 Å². The lowest BCUT2D eigenvalue weighted by Gasteiger charge is -2.31. The van der Waals surface area contributed by atoms with E-state index in [1.54, 1.807) is 10.6 Å². The van der Waals surface area contributed by atoms with Crippen LogP contribution in [0.3, 0.4) is 0 Å². The van der Waals surface area contributed by atoms with Crippen LogP contribution in [-0.2, 0) is 0 Å². The third-order valence-electron chi connectivity index (χ3n) is 3.00. The largest absolute Gasteiger partial charge is 0.393 e. The number of aliphatic hydroxyl groups excluding tert-OH is 1. The second kappa shape index (κ2) is 4.12. The summed E-state index contributed by atoms with van der Waals surface area (Å²) in [6, 6.07) is 1.72. The lowest BCUT2D eigenvalue weighted by atomic mass is 9.82. The van der Waals surface area contributed by atoms with Gasteiger partial charge in [-0.1, -0.05) is 11.6 Å². The Labute approximate surface area is 103 Å². The van der Waals surface area contributed by atoms with E-state index < -0.39 is 0 Å². The number of fused-ring (bicyclic) bond motifs is 1. The van der Waals surface area contributed by atoms with Gasteiger partial charge in [0.1, 0.15) is 17.3 Å². The van der Waals surface area contributed by atoms with Gasteiger partial charge in [0.2, 0.25) is 0 Å². The SMILES string of the molecule is OC1CC(CNc2cc(Cl)nc3ncnn23)C1. The monoisotopic (exact) mass is 253 g/mol. The summed E-state index contributed by atoms with van der Waals surface area (Å²) in [6.45, 7) is 0.798. The standard InChI is InChI=1S/C10H12ClN5O/c11-8-3-9(12-4-6-1-7(17)2-6)16-10(15-8)13-5-14-16/h3,5-7,12,17H,1-2,4H2. The van der Waals surface area contributed by atoms with Gasteiger partial charge in [0.05, 0.1) is 6.10 Å². The van der Waals surface area contributed by atoms with E-state index in [0.29, 0.717) is 16.8 Å². The molecule has 0 spiro atoms. The van der Waals surface area contributed by atoms with Crippen LogP contribution in [-0.4, -0.2) is 37.3 Å². The lowest BCUT2D eigenvalue weighted by Crippen LogP contribution is -2.33. The quantitative estimate of drug-likeness (QED) is 0.797. The normalized spacial score (nSPS) is 23.6. The van der Waals surface area contributed by atoms with Crippen LogP contribution in [0.15, 0.2) is 12.4 Å². The highest BCUT2D eigenvalue weighted by atomic mass is 35.5. The molecule has 0 unspecified atom stereocenters. The van der Waals surface area contributed by atoms with Crippen LogP contribution in [0.25, 0.3) is 5.78 Å². The summed E-state index contributed by atoms with van der Waals surface area (Å²) >= 11 is 5.89. The van der Waals surface area contributed by atoms with Crippen molar-refractivity contribution in [3.8, 4) is 0 Å². The van der Waals surface area contributed by atoms with E-state index in [9.17, 15) is 5.11 Å². The Hall–Kier alpha value is -1.40. The highest BCUT2D eigenvalue weighted by Gasteiger charge is 2.26. The second-order valence-electron chi connectivity index (χ2n) is 4.31. The fraction of sp³-hybridized carbons (Fsp3) is 0.500. The predicted octanol–water partition coefficient (Wildman–Crippen LogP) is 0.960. The molecule has 6 nitrogen and oxygen atoms in total. The van der Waals surface area contributed by atoms with Gasteiger partial charge in [0.25, 0.3) is 5.78 Å². The summed E-state index contributed by atoms with van der Waals surface area (Å²) in [5, 5.41) is 16.9. The number of nitrogens with one attached hydrogen (secondary N) is 1. The van der Waals surface area contributed by atoms with Gasteiger partial charge in [-0.05, 0) is 18.8 Å². The van der Waals surface area contributed by atoms with E-state index in [1.807, 2.05) is 0 Å². The van der Waals surface area contributed by atoms with Gasteiger partial charge in [-0.2, -0.15) is 19.6 Å². The Morgan fingerprint density at radius 3 is 3.12 bits per heavy atom. The molecule has 0 aliphatic heterocycles. The Morgan fingerprint density at radius 1 is 1.53 bits per heavy atom. The molecular weight excluding hydrogens is 242 g/mol. The van der Waals surface area contributed by atoms with Gasteiger partial charge in [0, 0.05) is 12.6 Å². The summed E-state index contributed by atoms with van der Waals surface area (Å²) in [5.41, 5.74) is 0. The maximum atomic E-state index is 9.21. The fourth-order valence-electron chi connectivity index (χ4n) is 2.03. The minimum Gasteiger partial charge on any atom is -0.393 e. The molecule has 1 fully saturated rings. The first-order chi connectivity index (χ1) is 8.22. The Balaban J connectivity index is 1.77. The molecule has 2 aromatic heterocycles. The van der Waals surface area contributed by atoms with E-state index in [4.69, 9.17) is 11.6 Å². The molecule has 0 amide bonds. The average molecular weight is 254 g/mol. The molecule has 3 rings (SSSR count). The predicted molar refractivity (Wildman–Crippen MR) is 63.0 cm³/mol. The van der Waals surface area contributed by atoms with Crippen LogP contribution in [0.2, 0.25) is 5.15 Å². The lowest BCUT2D eigenvalue weighted by molar-refractivity contribution is 0.0486. The first-order valence-electron chi connectivity index (χ1n) is 5.50. The fourth-order valence-corrected chi connectivity index (χ4v) is 2.20. The number of hydrogen-bond donors (Lipinski definition) is 2. The zero-order valence-corrected chi connectivity index (χ0v) is 9.80. The Kier molecular flexibility index (Phi) is 2.60. The van der Waals surface area contributed by atoms with E-state index in [1.165, 1.54) is 6.33 Å². The summed E-state index contributed by atoms with van der Waals surface area (Å²) in [4.78, 5) is 8.03. The zero-order valence-electron chi connectivity index (χ0n) is 9.04. The van der Waals surface area contributed by atoms with Crippen molar-refractivity contribution < 1.29 is 5.11 Å². The molecule has 0 bridgehead atoms. The summed E-state index contributed by atoms with van der Waals surface area (Å²) in [6.07, 6.45) is 3.02. The minimum absolute atomic E-state index is 0.130. The van der Waals surface area contributed by atoms with Crippen LogP contribution >= 0.6 is 11.6 Å². The van der Waals surface area contributed by atoms with Crippen molar-refractivity contribution in [1.29, 1.82) is 0 Å². The van der Waals surface area contributed by atoms with Crippen molar-refractivity contribution in [1.82, 2.24) is 19.6 Å². The van der Waals surface area contributed by atoms with E-state index >= 15 is 0 Å². The summed E-state index contributed by atoms with van der Waals surface area (Å²) < 4.78 is 1.61. The zero-order chi connectivity index (χ0) is 11.8. The number of aliphatic hydroxyl groups is 1. The molecule has 0 radical (unpaired) electrons. The van der Waals surface area contributed by atoms with Gasteiger partial charge in [0.15, 0.2) is 0 Å². The van der Waals surface area contributed by atoms with Gasteiger partial charge in [-0.3, -0.25) is 0 Å². The molecule has 0 saturated heterocycles. The van der Waals surface area contributed by atoms with Crippen LogP contribution < -0.4 is 5.32 Å². The van der Waals surface area contributed by atoms with Crippen LogP contribution in [0, 0.1) is 5.92 Å². The van der Waals surface area contributed by atoms with Crippen LogP contribution in [0.5, 0.6) is 0 Å². The molecule has 2 aromatic rings. The van der Waals surface area contributed by atoms with Crippen molar-refractivity contribution in [3.05, 3.63) is 17.5 Å². The third-order valence-corrected chi connectivity index (χ3v) is 3.20. The first kappa shape index (κ1) is 10.7. The number of nitrogens with zero attached hydrogens (tertiary/aromatic N) is 4. The summed E-state index contributed by atoms with van der Waals surface area (Å²) in [7, 11) is 0. The Bertz CT molecular complexity index is 536. The average Bonchev–Trinajstić information content (AvgIpc) is 2.70. The highest BCUT2D eigenvalue weighted by Crippen LogP contribution is 2.27. The second-order valence-corrected chi connectivity index (χ2v) is 4.70. The van der Waals surface area contributed by atoms with Crippen molar-refractivity contribution in [2.45, 2.75) is 18.9 Å². The minimum atomic E-state index is -0.130. The van der Waals surface area contributed by atoms with E-state index in [0.717, 1.165) is 25.2 Å². The third kappa shape index (κ3) is 2.05. The van der Waals surface area contributed by atoms with Crippen LogP contribution in [0.1, 0.15) is 12.8 Å². The number of anilines is 1. The number of rotatable bonds is 3. The molecule has 1 saturated carbocycles. The first-order valence-corrected chi connectivity index (χ1v) is 5.88. The molecule has 0 aromatic carbocycles. The Morgan fingerprint density at radius 2 is 2.35 bits per heavy atom. The molecule has 1 aliphatic carbocycles. The number of hydrogen-bond acceptors (Lipinski definition) is 5. The van der Waals surface area contributed by atoms with Crippen molar-refractivity contribution in [3.63, 3.8) is 0 Å². The maximum Gasteiger partial charge on any atom is 0.255 e. The van der Waals surface area contributed by atoms with Crippen molar-refractivity contribution in [2.24, 2.45) is 5.92 Å². The van der Waals surface area contributed by atoms with Gasteiger partial charge in [-0.25, -0.2) is 0 Å². The van der Waals surface area contributed by atoms with Gasteiger partial charge < -0.3 is 10.4 Å². The maximum absolute atomic E-state index is 9.21. The highest BCUT2D eigenvalue weighted by molar-refractivity contribution is 6.29.